The highest BCUT2D eigenvalue weighted by Crippen LogP contribution is 2.27. The van der Waals surface area contributed by atoms with E-state index in [-0.39, 0.29) is 4.90 Å². The average Bonchev–Trinajstić information content (AvgIpc) is 2.53. The quantitative estimate of drug-likeness (QED) is 0.577. The van der Waals surface area contributed by atoms with Crippen molar-refractivity contribution < 1.29 is 37.4 Å². The van der Waals surface area contributed by atoms with Crippen LogP contribution >= 0.6 is 0 Å². The highest BCUT2D eigenvalue weighted by Gasteiger charge is 2.47. The molecule has 0 bridgehead atoms. The molecule has 0 aromatic heterocycles. The molecule has 0 unspecified atom stereocenters. The third kappa shape index (κ3) is 3.46. The number of hydrogen-bond acceptors (Lipinski definition) is 8. The largest absolute Gasteiger partial charge is 0.394 e. The molecule has 1 aliphatic heterocycles. The smallest absolute Gasteiger partial charge is 0.297 e. The Hall–Kier alpha value is -1.07. The van der Waals surface area contributed by atoms with Crippen LogP contribution < -0.4 is 0 Å². The highest BCUT2D eigenvalue weighted by atomic mass is 32.2. The number of benzene rings is 1. The van der Waals surface area contributed by atoms with Crippen molar-refractivity contribution in [1.29, 1.82) is 0 Å². The number of ether oxygens (including phenoxy) is 2. The molecule has 0 saturated carbocycles. The second-order valence-corrected chi connectivity index (χ2v) is 6.34. The Morgan fingerprint density at radius 1 is 1.18 bits per heavy atom. The van der Waals surface area contributed by atoms with Crippen molar-refractivity contribution in [2.75, 3.05) is 13.7 Å². The third-order valence-corrected chi connectivity index (χ3v) is 4.65. The van der Waals surface area contributed by atoms with Crippen molar-refractivity contribution in [3.05, 3.63) is 30.3 Å². The molecule has 2 rings (SSSR count). The van der Waals surface area contributed by atoms with E-state index in [1.807, 2.05) is 0 Å². The van der Waals surface area contributed by atoms with E-state index in [4.69, 9.17) is 18.8 Å². The molecule has 8 nitrogen and oxygen atoms in total. The van der Waals surface area contributed by atoms with Crippen LogP contribution in [0, 0.1) is 0 Å². The summed E-state index contributed by atoms with van der Waals surface area (Å²) < 4.78 is 39.5. The fraction of sp³-hybridized carbons (Fsp3) is 0.538. The Balaban J connectivity index is 2.23. The van der Waals surface area contributed by atoms with Gasteiger partial charge in [0, 0.05) is 7.11 Å². The van der Waals surface area contributed by atoms with Crippen molar-refractivity contribution in [3.8, 4) is 0 Å². The van der Waals surface area contributed by atoms with Crippen LogP contribution in [0.4, 0.5) is 0 Å². The lowest BCUT2D eigenvalue weighted by Crippen LogP contribution is -2.60. The lowest BCUT2D eigenvalue weighted by molar-refractivity contribution is -0.288. The van der Waals surface area contributed by atoms with Crippen molar-refractivity contribution in [2.45, 2.75) is 35.6 Å². The summed E-state index contributed by atoms with van der Waals surface area (Å²) in [7, 11) is -2.95. The molecule has 124 valence electrons. The second kappa shape index (κ2) is 7.01. The van der Waals surface area contributed by atoms with E-state index in [0.717, 1.165) is 0 Å². The molecule has 1 saturated heterocycles. The summed E-state index contributed by atoms with van der Waals surface area (Å²) in [5, 5.41) is 28.9. The van der Waals surface area contributed by atoms with E-state index in [2.05, 4.69) is 0 Å². The summed E-state index contributed by atoms with van der Waals surface area (Å²) in [4.78, 5) is -0.101. The van der Waals surface area contributed by atoms with Gasteiger partial charge in [0.05, 0.1) is 11.5 Å². The average molecular weight is 334 g/mol. The molecule has 5 atom stereocenters. The molecule has 1 aliphatic rings. The molecule has 1 fully saturated rings. The number of rotatable bonds is 5. The van der Waals surface area contributed by atoms with Gasteiger partial charge in [-0.25, -0.2) is 0 Å². The number of methoxy groups -OCH3 is 1. The Labute approximate surface area is 128 Å². The minimum absolute atomic E-state index is 0.101. The molecule has 0 spiro atoms. The SMILES string of the molecule is CO[C@H]1O[C@H](CO)[C@@H](O)[C@H](O)[C@H]1OS(=O)(=O)c1ccccc1. The molecule has 1 aromatic carbocycles. The van der Waals surface area contributed by atoms with Crippen LogP contribution in [-0.4, -0.2) is 68.2 Å². The van der Waals surface area contributed by atoms with Crippen LogP contribution in [0.25, 0.3) is 0 Å². The number of aliphatic hydroxyl groups excluding tert-OH is 3. The van der Waals surface area contributed by atoms with Gasteiger partial charge in [-0.05, 0) is 12.1 Å². The van der Waals surface area contributed by atoms with Crippen LogP contribution in [-0.2, 0) is 23.8 Å². The first-order valence-electron chi connectivity index (χ1n) is 6.54. The monoisotopic (exact) mass is 334 g/mol. The van der Waals surface area contributed by atoms with E-state index >= 15 is 0 Å². The maximum Gasteiger partial charge on any atom is 0.297 e. The van der Waals surface area contributed by atoms with Gasteiger partial charge in [-0.2, -0.15) is 8.42 Å². The fourth-order valence-electron chi connectivity index (χ4n) is 2.14. The maximum atomic E-state index is 12.2. The second-order valence-electron chi connectivity index (χ2n) is 4.77. The lowest BCUT2D eigenvalue weighted by atomic mass is 9.99. The van der Waals surface area contributed by atoms with Crippen LogP contribution in [0.3, 0.4) is 0 Å². The summed E-state index contributed by atoms with van der Waals surface area (Å²) in [6.07, 6.45) is -6.93. The Bertz CT molecular complexity index is 573. The molecule has 9 heteroatoms. The maximum absolute atomic E-state index is 12.2. The minimum Gasteiger partial charge on any atom is -0.394 e. The van der Waals surface area contributed by atoms with E-state index in [1.54, 1.807) is 6.07 Å². The zero-order valence-corrected chi connectivity index (χ0v) is 12.6. The van der Waals surface area contributed by atoms with Crippen LogP contribution in [0.1, 0.15) is 0 Å². The fourth-order valence-corrected chi connectivity index (χ4v) is 3.24. The van der Waals surface area contributed by atoms with Crippen molar-refractivity contribution in [1.82, 2.24) is 0 Å². The van der Waals surface area contributed by atoms with E-state index < -0.39 is 47.4 Å². The summed E-state index contributed by atoms with van der Waals surface area (Å²) in [6, 6.07) is 7.36. The first kappa shape index (κ1) is 17.3. The van der Waals surface area contributed by atoms with Gasteiger partial charge in [-0.15, -0.1) is 0 Å². The first-order chi connectivity index (χ1) is 10.4. The van der Waals surface area contributed by atoms with Gasteiger partial charge >= 0.3 is 0 Å². The zero-order valence-electron chi connectivity index (χ0n) is 11.8. The standard InChI is InChI=1S/C13H18O8S/c1-19-13-12(11(16)10(15)9(7-14)20-13)21-22(17,18)8-5-3-2-4-6-8/h2-6,9-16H,7H2,1H3/t9-,10-,11+,12-,13+/m1/s1. The van der Waals surface area contributed by atoms with E-state index in [0.29, 0.717) is 0 Å². The topological polar surface area (TPSA) is 123 Å². The van der Waals surface area contributed by atoms with Crippen molar-refractivity contribution in [3.63, 3.8) is 0 Å². The molecular weight excluding hydrogens is 316 g/mol. The highest BCUT2D eigenvalue weighted by molar-refractivity contribution is 7.86. The number of aliphatic hydroxyl groups is 3. The normalized spacial score (nSPS) is 32.8. The van der Waals surface area contributed by atoms with Gasteiger partial charge in [-0.3, -0.25) is 4.18 Å². The number of hydrogen-bond donors (Lipinski definition) is 3. The van der Waals surface area contributed by atoms with Crippen molar-refractivity contribution >= 4 is 10.1 Å². The molecule has 0 radical (unpaired) electrons. The Kier molecular flexibility index (Phi) is 5.50. The minimum atomic E-state index is -4.18. The molecule has 1 heterocycles. The molecule has 1 aromatic rings. The zero-order chi connectivity index (χ0) is 16.3. The van der Waals surface area contributed by atoms with Gasteiger partial charge in [0.15, 0.2) is 12.4 Å². The molecule has 0 amide bonds. The molecule has 3 N–H and O–H groups in total. The van der Waals surface area contributed by atoms with Crippen LogP contribution in [0.2, 0.25) is 0 Å². The van der Waals surface area contributed by atoms with Gasteiger partial charge in [0.1, 0.15) is 18.3 Å². The van der Waals surface area contributed by atoms with Crippen LogP contribution in [0.15, 0.2) is 35.2 Å². The van der Waals surface area contributed by atoms with Gasteiger partial charge in [0.25, 0.3) is 10.1 Å². The lowest BCUT2D eigenvalue weighted by Gasteiger charge is -2.40. The summed E-state index contributed by atoms with van der Waals surface area (Å²) in [5.74, 6) is 0. The van der Waals surface area contributed by atoms with Crippen LogP contribution in [0.5, 0.6) is 0 Å². The van der Waals surface area contributed by atoms with Gasteiger partial charge in [0.2, 0.25) is 0 Å². The predicted octanol–water partition coefficient (Wildman–Crippen LogP) is -1.15. The van der Waals surface area contributed by atoms with Crippen molar-refractivity contribution in [2.24, 2.45) is 0 Å². The first-order valence-corrected chi connectivity index (χ1v) is 7.95. The molecular formula is C13H18O8S. The van der Waals surface area contributed by atoms with Gasteiger partial charge in [-0.1, -0.05) is 18.2 Å². The molecule has 0 aliphatic carbocycles. The van der Waals surface area contributed by atoms with E-state index in [1.165, 1.54) is 31.4 Å². The molecule has 22 heavy (non-hydrogen) atoms. The Morgan fingerprint density at radius 3 is 2.36 bits per heavy atom. The third-order valence-electron chi connectivity index (χ3n) is 3.33. The predicted molar refractivity (Wildman–Crippen MR) is 73.3 cm³/mol. The van der Waals surface area contributed by atoms with Gasteiger partial charge < -0.3 is 24.8 Å². The van der Waals surface area contributed by atoms with E-state index in [9.17, 15) is 18.6 Å². The summed E-state index contributed by atoms with van der Waals surface area (Å²) >= 11 is 0. The Morgan fingerprint density at radius 2 is 1.82 bits per heavy atom. The summed E-state index contributed by atoms with van der Waals surface area (Å²) in [5.41, 5.74) is 0. The summed E-state index contributed by atoms with van der Waals surface area (Å²) in [6.45, 7) is -0.559.